The van der Waals surface area contributed by atoms with E-state index in [4.69, 9.17) is 0 Å². The smallest absolute Gasteiger partial charge is 0.0345 e. The molecule has 0 heteroatoms. The van der Waals surface area contributed by atoms with Crippen LogP contribution in [0, 0.1) is 0 Å². The number of hydrogen-bond acceptors (Lipinski definition) is 0. The number of unbranched alkanes of at least 4 members (excludes halogenated alkanes) is 2. The highest BCUT2D eigenvalue weighted by molar-refractivity contribution is 5.14. The van der Waals surface area contributed by atoms with E-state index in [-0.39, 0.29) is 0 Å². The van der Waals surface area contributed by atoms with E-state index in [1.165, 1.54) is 24.8 Å². The van der Waals surface area contributed by atoms with Crippen molar-refractivity contribution in [1.82, 2.24) is 0 Å². The van der Waals surface area contributed by atoms with Crippen LogP contribution in [0.25, 0.3) is 0 Å². The molecule has 0 heterocycles. The zero-order chi connectivity index (χ0) is 7.82. The van der Waals surface area contributed by atoms with Crippen LogP contribution in [0.2, 0.25) is 0 Å². The zero-order valence-electron chi connectivity index (χ0n) is 7.35. The molecule has 0 aromatic carbocycles. The second-order valence-electron chi connectivity index (χ2n) is 2.59. The maximum absolute atomic E-state index is 2.30. The largest absolute Gasteiger partial charge is 0.0874 e. The first-order chi connectivity index (χ1) is 4.81. The van der Waals surface area contributed by atoms with Crippen molar-refractivity contribution < 1.29 is 0 Å². The Kier molecular flexibility index (Phi) is 6.25. The lowest BCUT2D eigenvalue weighted by Crippen LogP contribution is -1.70. The minimum Gasteiger partial charge on any atom is -0.0874 e. The van der Waals surface area contributed by atoms with Crippen molar-refractivity contribution in [2.24, 2.45) is 0 Å². The molecule has 0 fully saturated rings. The summed E-state index contributed by atoms with van der Waals surface area (Å²) in [6, 6.07) is 0. The molecule has 0 aliphatic rings. The molecular weight excluding hydrogens is 120 g/mol. The van der Waals surface area contributed by atoms with Gasteiger partial charge < -0.3 is 0 Å². The summed E-state index contributed by atoms with van der Waals surface area (Å²) in [4.78, 5) is 0. The molecule has 0 aromatic rings. The van der Waals surface area contributed by atoms with Crippen molar-refractivity contribution in [3.8, 4) is 0 Å². The van der Waals surface area contributed by atoms with Gasteiger partial charge in [-0.15, -0.1) is 0 Å². The molecule has 0 aliphatic carbocycles. The van der Waals surface area contributed by atoms with E-state index in [1.54, 1.807) is 0 Å². The molecule has 0 unspecified atom stereocenters. The van der Waals surface area contributed by atoms with Gasteiger partial charge in [0.25, 0.3) is 0 Å². The Hall–Kier alpha value is -0.520. The number of allylic oxidation sites excluding steroid dienone is 4. The predicted molar refractivity (Wildman–Crippen MR) is 48.1 cm³/mol. The van der Waals surface area contributed by atoms with Crippen LogP contribution in [-0.4, -0.2) is 0 Å². The molecule has 0 radical (unpaired) electrons. The third-order valence-corrected chi connectivity index (χ3v) is 1.45. The maximum atomic E-state index is 2.30. The third-order valence-electron chi connectivity index (χ3n) is 1.45. The quantitative estimate of drug-likeness (QED) is 0.410. The zero-order valence-corrected chi connectivity index (χ0v) is 7.35. The fourth-order valence-corrected chi connectivity index (χ4v) is 0.865. The van der Waals surface area contributed by atoms with Crippen molar-refractivity contribution >= 4 is 0 Å². The average molecular weight is 138 g/mol. The molecule has 0 saturated heterocycles. The van der Waals surface area contributed by atoms with Crippen LogP contribution in [0.3, 0.4) is 0 Å². The summed E-state index contributed by atoms with van der Waals surface area (Å²) in [5, 5.41) is 0. The van der Waals surface area contributed by atoms with E-state index >= 15 is 0 Å². The topological polar surface area (TPSA) is 0 Å². The van der Waals surface area contributed by atoms with E-state index in [2.05, 4.69) is 39.0 Å². The Balaban J connectivity index is 3.47. The first-order valence-corrected chi connectivity index (χ1v) is 4.10. The van der Waals surface area contributed by atoms with Crippen LogP contribution < -0.4 is 0 Å². The lowest BCUT2D eigenvalue weighted by molar-refractivity contribution is 0.812. The van der Waals surface area contributed by atoms with Gasteiger partial charge in [-0.05, 0) is 20.3 Å². The van der Waals surface area contributed by atoms with Gasteiger partial charge in [0.2, 0.25) is 0 Å². The van der Waals surface area contributed by atoms with E-state index < -0.39 is 0 Å². The van der Waals surface area contributed by atoms with Gasteiger partial charge >= 0.3 is 0 Å². The molecule has 0 amide bonds. The highest BCUT2D eigenvalue weighted by Gasteiger charge is 1.80. The molecule has 0 aromatic heterocycles. The van der Waals surface area contributed by atoms with Crippen LogP contribution in [0.5, 0.6) is 0 Å². The van der Waals surface area contributed by atoms with Crippen LogP contribution in [-0.2, 0) is 0 Å². The van der Waals surface area contributed by atoms with Gasteiger partial charge in [0.05, 0.1) is 0 Å². The predicted octanol–water partition coefficient (Wildman–Crippen LogP) is 3.70. The summed E-state index contributed by atoms with van der Waals surface area (Å²) in [6.07, 6.45) is 10.4. The monoisotopic (exact) mass is 138 g/mol. The molecule has 0 saturated carbocycles. The summed E-state index contributed by atoms with van der Waals surface area (Å²) in [5.74, 6) is 0. The Bertz CT molecular complexity index is 118. The fraction of sp³-hybridized carbons (Fsp3) is 0.600. The Morgan fingerprint density at radius 1 is 1.40 bits per heavy atom. The molecule has 0 atom stereocenters. The first kappa shape index (κ1) is 9.48. The van der Waals surface area contributed by atoms with Gasteiger partial charge in [-0.3, -0.25) is 0 Å². The van der Waals surface area contributed by atoms with Crippen molar-refractivity contribution in [3.63, 3.8) is 0 Å². The molecule has 0 N–H and O–H groups in total. The molecule has 0 aliphatic heterocycles. The van der Waals surface area contributed by atoms with E-state index in [9.17, 15) is 0 Å². The van der Waals surface area contributed by atoms with Crippen molar-refractivity contribution in [3.05, 3.63) is 23.8 Å². The summed E-state index contributed by atoms with van der Waals surface area (Å²) in [5.41, 5.74) is 1.39. The Morgan fingerprint density at radius 3 is 2.60 bits per heavy atom. The van der Waals surface area contributed by atoms with Crippen LogP contribution in [0.1, 0.15) is 40.0 Å². The second kappa shape index (κ2) is 6.60. The van der Waals surface area contributed by atoms with Gasteiger partial charge in [-0.2, -0.15) is 0 Å². The summed E-state index contributed by atoms with van der Waals surface area (Å²) in [7, 11) is 0. The minimum atomic E-state index is 1.23. The lowest BCUT2D eigenvalue weighted by Gasteiger charge is -1.91. The third kappa shape index (κ3) is 5.61. The lowest BCUT2D eigenvalue weighted by atomic mass is 10.2. The maximum Gasteiger partial charge on any atom is -0.0345 e. The van der Waals surface area contributed by atoms with Crippen LogP contribution >= 0.6 is 0 Å². The normalized spacial score (nSPS) is 12.9. The average Bonchev–Trinajstić information content (AvgIpc) is 1.89. The van der Waals surface area contributed by atoms with Crippen LogP contribution in [0.15, 0.2) is 23.8 Å². The van der Waals surface area contributed by atoms with Gasteiger partial charge in [0, 0.05) is 0 Å². The van der Waals surface area contributed by atoms with Crippen LogP contribution in [0.4, 0.5) is 0 Å². The SMILES string of the molecule is C/C=C/C(C)=C/CCCC. The van der Waals surface area contributed by atoms with Gasteiger partial charge in [0.15, 0.2) is 0 Å². The molecule has 0 bridgehead atoms. The van der Waals surface area contributed by atoms with E-state index in [1.807, 2.05) is 0 Å². The molecule has 0 nitrogen and oxygen atoms in total. The van der Waals surface area contributed by atoms with E-state index in [0.717, 1.165) is 0 Å². The van der Waals surface area contributed by atoms with E-state index in [0.29, 0.717) is 0 Å². The highest BCUT2D eigenvalue weighted by Crippen LogP contribution is 2.01. The standard InChI is InChI=1S/C10H18/c1-4-6-7-9-10(3)8-5-2/h5,8-9H,4,6-7H2,1-3H3/b8-5+,10-9+. The Labute approximate surface area is 64.6 Å². The van der Waals surface area contributed by atoms with Crippen molar-refractivity contribution in [2.75, 3.05) is 0 Å². The van der Waals surface area contributed by atoms with Crippen molar-refractivity contribution in [1.29, 1.82) is 0 Å². The van der Waals surface area contributed by atoms with Crippen molar-refractivity contribution in [2.45, 2.75) is 40.0 Å². The fourth-order valence-electron chi connectivity index (χ4n) is 0.865. The first-order valence-electron chi connectivity index (χ1n) is 4.10. The highest BCUT2D eigenvalue weighted by atomic mass is 13.9. The Morgan fingerprint density at radius 2 is 2.10 bits per heavy atom. The van der Waals surface area contributed by atoms with Gasteiger partial charge in [-0.25, -0.2) is 0 Å². The minimum absolute atomic E-state index is 1.23. The molecule has 0 rings (SSSR count). The van der Waals surface area contributed by atoms with Gasteiger partial charge in [0.1, 0.15) is 0 Å². The molecular formula is C10H18. The molecule has 10 heavy (non-hydrogen) atoms. The van der Waals surface area contributed by atoms with Gasteiger partial charge in [-0.1, -0.05) is 43.6 Å². The molecule has 0 spiro atoms. The molecule has 58 valence electrons. The second-order valence-corrected chi connectivity index (χ2v) is 2.59. The summed E-state index contributed by atoms with van der Waals surface area (Å²) >= 11 is 0. The number of hydrogen-bond donors (Lipinski definition) is 0. The summed E-state index contributed by atoms with van der Waals surface area (Å²) < 4.78 is 0. The summed E-state index contributed by atoms with van der Waals surface area (Å²) in [6.45, 7) is 6.42. The number of rotatable bonds is 4.